The van der Waals surface area contributed by atoms with E-state index in [9.17, 15) is 4.79 Å². The smallest absolute Gasteiger partial charge is 0.404 e. The van der Waals surface area contributed by atoms with E-state index in [-0.39, 0.29) is 6.04 Å². The molecule has 1 aliphatic carbocycles. The third-order valence-corrected chi connectivity index (χ3v) is 5.00. The normalized spacial score (nSPS) is 20.4. The van der Waals surface area contributed by atoms with Crippen LogP contribution in [0.4, 0.5) is 4.79 Å². The molecular formula is C21H26N2O2. The van der Waals surface area contributed by atoms with E-state index in [1.807, 2.05) is 12.1 Å². The highest BCUT2D eigenvalue weighted by Gasteiger charge is 2.26. The number of nitrogens with one attached hydrogen (secondary N) is 1. The van der Waals surface area contributed by atoms with Crippen LogP contribution in [0.1, 0.15) is 36.8 Å². The molecule has 132 valence electrons. The second-order valence-electron chi connectivity index (χ2n) is 6.83. The van der Waals surface area contributed by atoms with E-state index in [1.165, 1.54) is 11.1 Å². The quantitative estimate of drug-likeness (QED) is 0.827. The van der Waals surface area contributed by atoms with Crippen molar-refractivity contribution in [3.05, 3.63) is 71.8 Å². The van der Waals surface area contributed by atoms with E-state index in [0.29, 0.717) is 6.04 Å². The zero-order valence-corrected chi connectivity index (χ0v) is 14.5. The second-order valence-corrected chi connectivity index (χ2v) is 6.83. The molecule has 2 aromatic rings. The summed E-state index contributed by atoms with van der Waals surface area (Å²) in [7, 11) is 0. The predicted molar refractivity (Wildman–Crippen MR) is 99.3 cm³/mol. The molecular weight excluding hydrogens is 312 g/mol. The van der Waals surface area contributed by atoms with Gasteiger partial charge in [-0.05, 0) is 36.8 Å². The number of amides is 1. The van der Waals surface area contributed by atoms with Crippen LogP contribution in [0.25, 0.3) is 0 Å². The van der Waals surface area contributed by atoms with Crippen molar-refractivity contribution in [1.29, 1.82) is 0 Å². The topological polar surface area (TPSA) is 52.6 Å². The van der Waals surface area contributed by atoms with Crippen molar-refractivity contribution in [1.82, 2.24) is 10.2 Å². The predicted octanol–water partition coefficient (Wildman–Crippen LogP) is 4.27. The number of hydrogen-bond acceptors (Lipinski definition) is 2. The van der Waals surface area contributed by atoms with E-state index in [2.05, 4.69) is 58.7 Å². The van der Waals surface area contributed by atoms with Crippen molar-refractivity contribution in [2.24, 2.45) is 0 Å². The number of carbonyl (C=O) groups is 1. The molecule has 4 nitrogen and oxygen atoms in total. The Balaban J connectivity index is 1.67. The lowest BCUT2D eigenvalue weighted by molar-refractivity contribution is 0.125. The van der Waals surface area contributed by atoms with Crippen molar-refractivity contribution < 1.29 is 9.90 Å². The van der Waals surface area contributed by atoms with Crippen LogP contribution in [-0.4, -0.2) is 28.2 Å². The first-order valence-electron chi connectivity index (χ1n) is 9.02. The summed E-state index contributed by atoms with van der Waals surface area (Å²) in [6.07, 6.45) is 2.98. The van der Waals surface area contributed by atoms with Crippen LogP contribution in [0.15, 0.2) is 60.7 Å². The lowest BCUT2D eigenvalue weighted by atomic mass is 9.89. The minimum atomic E-state index is -0.908. The van der Waals surface area contributed by atoms with E-state index in [1.54, 1.807) is 0 Å². The van der Waals surface area contributed by atoms with Gasteiger partial charge in [-0.25, -0.2) is 4.79 Å². The van der Waals surface area contributed by atoms with Crippen molar-refractivity contribution >= 4 is 6.09 Å². The average Bonchev–Trinajstić information content (AvgIpc) is 2.63. The molecule has 0 unspecified atom stereocenters. The summed E-state index contributed by atoms with van der Waals surface area (Å²) in [6, 6.07) is 21.7. The summed E-state index contributed by atoms with van der Waals surface area (Å²) in [5, 5.41) is 11.5. The average molecular weight is 338 g/mol. The first-order chi connectivity index (χ1) is 12.2. The standard InChI is InChI=1S/C21H26N2O2/c24-21(25)22-19-11-13-20(14-12-19)23(15-17-7-3-1-4-8-17)16-18-9-5-2-6-10-18/h1-10,19-20,22H,11-16H2,(H,24,25)/t19-,20-. The molecule has 0 spiro atoms. The molecule has 0 heterocycles. The van der Waals surface area contributed by atoms with Gasteiger partial charge < -0.3 is 10.4 Å². The Labute approximate surface area is 149 Å². The van der Waals surface area contributed by atoms with Gasteiger partial charge >= 0.3 is 6.09 Å². The summed E-state index contributed by atoms with van der Waals surface area (Å²) in [5.41, 5.74) is 2.65. The fraction of sp³-hybridized carbons (Fsp3) is 0.381. The molecule has 0 atom stereocenters. The Morgan fingerprint density at radius 3 is 1.80 bits per heavy atom. The van der Waals surface area contributed by atoms with E-state index < -0.39 is 6.09 Å². The molecule has 0 radical (unpaired) electrons. The minimum absolute atomic E-state index is 0.101. The number of benzene rings is 2. The molecule has 0 saturated heterocycles. The van der Waals surface area contributed by atoms with Crippen LogP contribution in [-0.2, 0) is 13.1 Å². The Bertz CT molecular complexity index is 611. The number of rotatable bonds is 6. The van der Waals surface area contributed by atoms with Crippen LogP contribution in [0.3, 0.4) is 0 Å². The zero-order valence-electron chi connectivity index (χ0n) is 14.5. The monoisotopic (exact) mass is 338 g/mol. The molecule has 1 fully saturated rings. The lowest BCUT2D eigenvalue weighted by Crippen LogP contribution is -2.43. The lowest BCUT2D eigenvalue weighted by Gasteiger charge is -2.37. The maximum atomic E-state index is 10.8. The first kappa shape index (κ1) is 17.5. The van der Waals surface area contributed by atoms with Gasteiger partial charge in [-0.1, -0.05) is 60.7 Å². The molecule has 4 heteroatoms. The van der Waals surface area contributed by atoms with E-state index >= 15 is 0 Å². The number of carboxylic acid groups (broad SMARTS) is 1. The van der Waals surface area contributed by atoms with Gasteiger partial charge in [0.15, 0.2) is 0 Å². The summed E-state index contributed by atoms with van der Waals surface area (Å²) in [5.74, 6) is 0. The minimum Gasteiger partial charge on any atom is -0.465 e. The maximum Gasteiger partial charge on any atom is 0.404 e. The number of nitrogens with zero attached hydrogens (tertiary/aromatic N) is 1. The van der Waals surface area contributed by atoms with Gasteiger partial charge in [0.2, 0.25) is 0 Å². The third kappa shape index (κ3) is 5.33. The fourth-order valence-electron chi connectivity index (χ4n) is 3.71. The van der Waals surface area contributed by atoms with Gasteiger partial charge in [0.05, 0.1) is 0 Å². The highest BCUT2D eigenvalue weighted by molar-refractivity contribution is 5.64. The van der Waals surface area contributed by atoms with Crippen molar-refractivity contribution in [3.8, 4) is 0 Å². The van der Waals surface area contributed by atoms with Crippen LogP contribution >= 0.6 is 0 Å². The molecule has 25 heavy (non-hydrogen) atoms. The molecule has 1 saturated carbocycles. The van der Waals surface area contributed by atoms with E-state index in [4.69, 9.17) is 5.11 Å². The first-order valence-corrected chi connectivity index (χ1v) is 9.02. The van der Waals surface area contributed by atoms with Gasteiger partial charge in [-0.2, -0.15) is 0 Å². The van der Waals surface area contributed by atoms with Crippen LogP contribution in [0.2, 0.25) is 0 Å². The molecule has 1 aliphatic rings. The van der Waals surface area contributed by atoms with Gasteiger partial charge in [-0.15, -0.1) is 0 Å². The maximum absolute atomic E-state index is 10.8. The van der Waals surface area contributed by atoms with Crippen LogP contribution < -0.4 is 5.32 Å². The van der Waals surface area contributed by atoms with E-state index in [0.717, 1.165) is 38.8 Å². The van der Waals surface area contributed by atoms with Gasteiger partial charge in [0.25, 0.3) is 0 Å². The molecule has 2 aromatic carbocycles. The van der Waals surface area contributed by atoms with Gasteiger partial charge in [0, 0.05) is 25.2 Å². The van der Waals surface area contributed by atoms with Gasteiger partial charge in [0.1, 0.15) is 0 Å². The highest BCUT2D eigenvalue weighted by atomic mass is 16.4. The highest BCUT2D eigenvalue weighted by Crippen LogP contribution is 2.26. The largest absolute Gasteiger partial charge is 0.465 e. The molecule has 0 aliphatic heterocycles. The van der Waals surface area contributed by atoms with Crippen molar-refractivity contribution in [2.45, 2.75) is 50.9 Å². The Morgan fingerprint density at radius 1 is 0.880 bits per heavy atom. The fourth-order valence-corrected chi connectivity index (χ4v) is 3.71. The second kappa shape index (κ2) is 8.67. The van der Waals surface area contributed by atoms with Crippen molar-refractivity contribution in [3.63, 3.8) is 0 Å². The summed E-state index contributed by atoms with van der Waals surface area (Å²) < 4.78 is 0. The molecule has 1 amide bonds. The molecule has 0 aromatic heterocycles. The SMILES string of the molecule is O=C(O)N[C@H]1CC[C@H](N(Cc2ccccc2)Cc2ccccc2)CC1. The zero-order chi connectivity index (χ0) is 17.5. The van der Waals surface area contributed by atoms with Crippen molar-refractivity contribution in [2.75, 3.05) is 0 Å². The summed E-state index contributed by atoms with van der Waals surface area (Å²) in [4.78, 5) is 13.4. The Morgan fingerprint density at radius 2 is 1.36 bits per heavy atom. The summed E-state index contributed by atoms with van der Waals surface area (Å²) in [6.45, 7) is 1.86. The molecule has 2 N–H and O–H groups in total. The Kier molecular flexibility index (Phi) is 6.07. The molecule has 3 rings (SSSR count). The van der Waals surface area contributed by atoms with Crippen LogP contribution in [0.5, 0.6) is 0 Å². The molecule has 0 bridgehead atoms. The number of hydrogen-bond donors (Lipinski definition) is 2. The Hall–Kier alpha value is -2.33. The van der Waals surface area contributed by atoms with Crippen LogP contribution in [0, 0.1) is 0 Å². The third-order valence-electron chi connectivity index (χ3n) is 5.00. The van der Waals surface area contributed by atoms with Gasteiger partial charge in [-0.3, -0.25) is 4.90 Å². The summed E-state index contributed by atoms with van der Waals surface area (Å²) >= 11 is 0.